The molecule has 6 aromatic carbocycles. The fraction of sp³-hybridized carbons (Fsp3) is 0.0286. The molecule has 0 spiro atoms. The molecule has 6 rings (SSSR count). The number of fused-ring (bicyclic) bond motifs is 2. The van der Waals surface area contributed by atoms with Crippen LogP contribution in [0.15, 0.2) is 126 Å². The third kappa shape index (κ3) is 9.88. The fourth-order valence-electron chi connectivity index (χ4n) is 5.52. The number of hydrogen-bond donors (Lipinski definition) is 7. The average Bonchev–Trinajstić information content (AvgIpc) is 3.13. The Hall–Kier alpha value is -5.89. The molecular weight excluding hydrogens is 848 g/mol. The topological polar surface area (TPSA) is 334 Å². The van der Waals surface area contributed by atoms with E-state index in [1.54, 1.807) is 0 Å². The first-order chi connectivity index (χ1) is 27.1. The van der Waals surface area contributed by atoms with Crippen LogP contribution in [0.1, 0.15) is 15.9 Å². The zero-order valence-electron chi connectivity index (χ0n) is 30.1. The van der Waals surface area contributed by atoms with Crippen molar-refractivity contribution < 1.29 is 93.4 Å². The number of anilines is 2. The molecule has 0 aliphatic rings. The van der Waals surface area contributed by atoms with Crippen molar-refractivity contribution in [3.05, 3.63) is 102 Å². The SMILES string of the molecule is Cc1cc(S(=O)(=O)O)ccc1N=Nc1c(S(=O)(=O)O)cc2cc(NC(=O)Nc3ccc4c(O)c(N=Nc5ccc(C(=O)[O-])cc5)c(S(=O)(=O)O)cc4c3)ccc2c1O.[Na+]. The van der Waals surface area contributed by atoms with Gasteiger partial charge in [-0.1, -0.05) is 12.1 Å². The van der Waals surface area contributed by atoms with Crippen LogP contribution >= 0.6 is 0 Å². The maximum atomic E-state index is 13.0. The largest absolute Gasteiger partial charge is 1.00 e. The minimum atomic E-state index is -5.05. The Morgan fingerprint density at radius 3 is 1.49 bits per heavy atom. The van der Waals surface area contributed by atoms with E-state index >= 15 is 0 Å². The molecule has 0 radical (unpaired) electrons. The van der Waals surface area contributed by atoms with Crippen LogP contribution in [0.2, 0.25) is 0 Å². The van der Waals surface area contributed by atoms with Gasteiger partial charge in [0.2, 0.25) is 0 Å². The molecule has 7 N–H and O–H groups in total. The number of carboxylic acids is 1. The van der Waals surface area contributed by atoms with E-state index in [-0.39, 0.29) is 85.0 Å². The second-order valence-electron chi connectivity index (χ2n) is 12.2. The van der Waals surface area contributed by atoms with Gasteiger partial charge in [0.15, 0.2) is 11.5 Å². The molecule has 0 fully saturated rings. The molecule has 0 aliphatic heterocycles. The molecule has 0 saturated heterocycles. The van der Waals surface area contributed by atoms with E-state index < -0.39 is 79.9 Å². The fourth-order valence-corrected chi connectivity index (χ4v) is 7.40. The number of aryl methyl sites for hydroxylation is 1. The van der Waals surface area contributed by atoms with Crippen molar-refractivity contribution in [1.29, 1.82) is 0 Å². The number of rotatable bonds is 10. The Morgan fingerprint density at radius 2 is 1.07 bits per heavy atom. The van der Waals surface area contributed by atoms with Crippen molar-refractivity contribution in [3.8, 4) is 11.5 Å². The molecule has 0 aliphatic carbocycles. The van der Waals surface area contributed by atoms with E-state index in [4.69, 9.17) is 0 Å². The molecule has 0 unspecified atom stereocenters. The summed E-state index contributed by atoms with van der Waals surface area (Å²) >= 11 is 0. The van der Waals surface area contributed by atoms with Crippen molar-refractivity contribution in [3.63, 3.8) is 0 Å². The number of phenolic OH excluding ortho intramolecular Hbond substituents is 2. The van der Waals surface area contributed by atoms with Crippen molar-refractivity contribution in [2.75, 3.05) is 10.6 Å². The summed E-state index contributed by atoms with van der Waals surface area (Å²) in [6.45, 7) is 1.43. The van der Waals surface area contributed by atoms with E-state index in [9.17, 15) is 63.8 Å². The van der Waals surface area contributed by atoms with E-state index in [2.05, 4.69) is 31.1 Å². The second kappa shape index (κ2) is 16.8. The van der Waals surface area contributed by atoms with Gasteiger partial charge in [0.05, 0.1) is 22.2 Å². The van der Waals surface area contributed by atoms with Crippen molar-refractivity contribution in [2.45, 2.75) is 21.6 Å². The number of nitrogens with zero attached hydrogens (tertiary/aromatic N) is 4. The van der Waals surface area contributed by atoms with Gasteiger partial charge in [0.25, 0.3) is 30.4 Å². The maximum absolute atomic E-state index is 13.0. The second-order valence-corrected chi connectivity index (χ2v) is 16.4. The summed E-state index contributed by atoms with van der Waals surface area (Å²) in [6, 6.07) is 17.0. The number of azo groups is 2. The van der Waals surface area contributed by atoms with Crippen molar-refractivity contribution in [2.24, 2.45) is 20.5 Å². The summed E-state index contributed by atoms with van der Waals surface area (Å²) in [4.78, 5) is 21.9. The number of aromatic hydroxyl groups is 2. The van der Waals surface area contributed by atoms with Gasteiger partial charge < -0.3 is 30.7 Å². The van der Waals surface area contributed by atoms with E-state index in [0.29, 0.717) is 0 Å². The summed E-state index contributed by atoms with van der Waals surface area (Å²) in [5.74, 6) is -2.87. The van der Waals surface area contributed by atoms with Gasteiger partial charge in [-0.25, -0.2) is 4.79 Å². The average molecular weight is 873 g/mol. The zero-order valence-corrected chi connectivity index (χ0v) is 34.5. The first kappa shape index (κ1) is 44.2. The minimum Gasteiger partial charge on any atom is -0.545 e. The molecule has 59 heavy (non-hydrogen) atoms. The molecule has 0 atom stereocenters. The maximum Gasteiger partial charge on any atom is 1.00 e. The number of carbonyl (C=O) groups is 2. The van der Waals surface area contributed by atoms with Gasteiger partial charge in [0.1, 0.15) is 21.2 Å². The third-order valence-corrected chi connectivity index (χ3v) is 10.8. The van der Waals surface area contributed by atoms with E-state index in [1.807, 2.05) is 0 Å². The molecule has 0 aromatic heterocycles. The Bertz CT molecular complexity index is 3130. The molecule has 298 valence electrons. The summed E-state index contributed by atoms with van der Waals surface area (Å²) in [7, 11) is -14.6. The Labute approximate surface area is 355 Å². The predicted molar refractivity (Wildman–Crippen MR) is 204 cm³/mol. The molecule has 0 heterocycles. The van der Waals surface area contributed by atoms with Crippen molar-refractivity contribution in [1.82, 2.24) is 0 Å². The van der Waals surface area contributed by atoms with Crippen LogP contribution in [0.3, 0.4) is 0 Å². The molecule has 0 bridgehead atoms. The van der Waals surface area contributed by atoms with Gasteiger partial charge in [-0.05, 0) is 108 Å². The monoisotopic (exact) mass is 872 g/mol. The number of urea groups is 1. The first-order valence-electron chi connectivity index (χ1n) is 16.0. The smallest absolute Gasteiger partial charge is 0.545 e. The number of benzene rings is 6. The summed E-state index contributed by atoms with van der Waals surface area (Å²) in [6.07, 6.45) is 0. The van der Waals surface area contributed by atoms with Crippen LogP contribution in [-0.4, -0.2) is 61.1 Å². The van der Waals surface area contributed by atoms with Crippen LogP contribution in [0.4, 0.5) is 38.9 Å². The number of hydrogen-bond acceptors (Lipinski definition) is 15. The molecule has 0 saturated carbocycles. The van der Waals surface area contributed by atoms with Crippen molar-refractivity contribution >= 4 is 98.0 Å². The molecular formula is C35H25N6NaO14S3. The molecule has 20 nitrogen and oxygen atoms in total. The summed E-state index contributed by atoms with van der Waals surface area (Å²) < 4.78 is 101. The first-order valence-corrected chi connectivity index (χ1v) is 20.3. The van der Waals surface area contributed by atoms with Gasteiger partial charge in [-0.3, -0.25) is 13.7 Å². The number of carboxylic acid groups (broad SMARTS) is 1. The van der Waals surface area contributed by atoms with Crippen LogP contribution in [-0.2, 0) is 30.4 Å². The van der Waals surface area contributed by atoms with Gasteiger partial charge in [-0.15, -0.1) is 10.2 Å². The zero-order chi connectivity index (χ0) is 42.3. The summed E-state index contributed by atoms with van der Waals surface area (Å²) in [5.41, 5.74) is -0.996. The van der Waals surface area contributed by atoms with Crippen LogP contribution in [0.25, 0.3) is 21.5 Å². The van der Waals surface area contributed by atoms with Gasteiger partial charge >= 0.3 is 35.6 Å². The molecule has 6 aromatic rings. The summed E-state index contributed by atoms with van der Waals surface area (Å²) in [5, 5.41) is 53.3. The number of aromatic carboxylic acids is 1. The number of nitrogens with one attached hydrogen (secondary N) is 2. The van der Waals surface area contributed by atoms with Crippen LogP contribution < -0.4 is 45.3 Å². The number of amides is 2. The third-order valence-electron chi connectivity index (χ3n) is 8.27. The number of phenols is 2. The Balaban J connectivity index is 0.00000661. The molecule has 2 amide bonds. The quantitative estimate of drug-likeness (QED) is 0.0590. The van der Waals surface area contributed by atoms with E-state index in [1.165, 1.54) is 73.7 Å². The standard InChI is InChI=1S/C35H26N6O14S3.Na/c1-17-12-24(56(47,48)49)8-11-27(17)39-41-31-29(58(53,54)55)16-20-14-23(7-10-26(20)33(31)43)37-35(46)36-22-6-9-25-19(13-22)15-28(57(50,51)52)30(32(25)42)40-38-21-4-2-18(3-5-21)34(44)45;/h2-16,42-43H,1H3,(H,44,45)(H2,36,37,46)(H,47,48,49)(H,50,51,52)(H,53,54,55);/q;+1/p-1. The van der Waals surface area contributed by atoms with Crippen LogP contribution in [0.5, 0.6) is 11.5 Å². The minimum absolute atomic E-state index is 0. The Kier molecular flexibility index (Phi) is 12.6. The Morgan fingerprint density at radius 1 is 0.593 bits per heavy atom. The van der Waals surface area contributed by atoms with Gasteiger partial charge in [-0.2, -0.15) is 35.5 Å². The predicted octanol–water partition coefficient (Wildman–Crippen LogP) is 3.30. The molecule has 24 heteroatoms. The normalized spacial score (nSPS) is 12.2. The number of carbonyl (C=O) groups excluding carboxylic acids is 2. The van der Waals surface area contributed by atoms with E-state index in [0.717, 1.165) is 24.3 Å². The van der Waals surface area contributed by atoms with Gasteiger partial charge in [0, 0.05) is 22.1 Å². The van der Waals surface area contributed by atoms with Crippen LogP contribution in [0, 0.1) is 6.92 Å².